The number of aliphatic imine (C=N–C) groups is 1. The normalized spacial score (nSPS) is 12.5. The molecule has 24 heavy (non-hydrogen) atoms. The molecule has 0 fully saturated rings. The number of hydrogen-bond acceptors (Lipinski definition) is 4. The van der Waals surface area contributed by atoms with Gasteiger partial charge >= 0.3 is 0 Å². The summed E-state index contributed by atoms with van der Waals surface area (Å²) in [5.41, 5.74) is 1.17. The number of nitrogens with one attached hydrogen (secondary N) is 2. The van der Waals surface area contributed by atoms with Crippen molar-refractivity contribution in [1.29, 1.82) is 0 Å². The average Bonchev–Trinajstić information content (AvgIpc) is 3.23. The SMILES string of the molecule is CCNC(=NCC(C)c1cccs1)NCCc1csc(CC)n1.I. The highest BCUT2D eigenvalue weighted by atomic mass is 127. The number of rotatable bonds is 8. The lowest BCUT2D eigenvalue weighted by Crippen LogP contribution is -2.38. The van der Waals surface area contributed by atoms with Crippen LogP contribution in [0.1, 0.15) is 42.3 Å². The predicted molar refractivity (Wildman–Crippen MR) is 117 cm³/mol. The second-order valence-corrected chi connectivity index (χ2v) is 7.32. The molecule has 0 amide bonds. The van der Waals surface area contributed by atoms with E-state index in [0.29, 0.717) is 5.92 Å². The molecule has 134 valence electrons. The topological polar surface area (TPSA) is 49.3 Å². The van der Waals surface area contributed by atoms with Crippen LogP contribution in [0.15, 0.2) is 27.9 Å². The summed E-state index contributed by atoms with van der Waals surface area (Å²) in [6, 6.07) is 4.28. The lowest BCUT2D eigenvalue weighted by Gasteiger charge is -2.12. The van der Waals surface area contributed by atoms with Gasteiger partial charge < -0.3 is 10.6 Å². The highest BCUT2D eigenvalue weighted by molar-refractivity contribution is 14.0. The lowest BCUT2D eigenvalue weighted by atomic mass is 10.1. The fraction of sp³-hybridized carbons (Fsp3) is 0.529. The second kappa shape index (κ2) is 11.8. The molecule has 2 aromatic heterocycles. The van der Waals surface area contributed by atoms with Gasteiger partial charge in [0.1, 0.15) is 0 Å². The number of thiophene rings is 1. The smallest absolute Gasteiger partial charge is 0.191 e. The minimum absolute atomic E-state index is 0. The molecule has 0 aliphatic heterocycles. The molecule has 1 unspecified atom stereocenters. The van der Waals surface area contributed by atoms with Crippen molar-refractivity contribution in [1.82, 2.24) is 15.6 Å². The maximum absolute atomic E-state index is 4.71. The Morgan fingerprint density at radius 2 is 2.12 bits per heavy atom. The molecule has 0 bridgehead atoms. The van der Waals surface area contributed by atoms with Gasteiger partial charge in [-0.3, -0.25) is 4.99 Å². The molecule has 0 aromatic carbocycles. The molecule has 2 rings (SSSR count). The zero-order chi connectivity index (χ0) is 16.5. The standard InChI is InChI=1S/C17H26N4S2.HI/c1-4-16-21-14(12-23-16)8-9-19-17(18-5-2)20-11-13(3)15-7-6-10-22-15;/h6-7,10,12-13H,4-5,8-9,11H2,1-3H3,(H2,18,19,20);1H. The van der Waals surface area contributed by atoms with Gasteiger partial charge in [-0.05, 0) is 24.8 Å². The Kier molecular flexibility index (Phi) is 10.5. The molecular weight excluding hydrogens is 451 g/mol. The van der Waals surface area contributed by atoms with Crippen molar-refractivity contribution < 1.29 is 0 Å². The summed E-state index contributed by atoms with van der Waals surface area (Å²) >= 11 is 3.55. The van der Waals surface area contributed by atoms with Crippen molar-refractivity contribution in [3.8, 4) is 0 Å². The molecular formula is C17H27IN4S2. The van der Waals surface area contributed by atoms with Gasteiger partial charge in [-0.25, -0.2) is 4.98 Å². The minimum Gasteiger partial charge on any atom is -0.357 e. The molecule has 0 aliphatic rings. The van der Waals surface area contributed by atoms with Crippen molar-refractivity contribution in [2.75, 3.05) is 19.6 Å². The van der Waals surface area contributed by atoms with E-state index in [1.54, 1.807) is 22.7 Å². The molecule has 0 saturated carbocycles. The largest absolute Gasteiger partial charge is 0.357 e. The third-order valence-electron chi connectivity index (χ3n) is 3.47. The van der Waals surface area contributed by atoms with Gasteiger partial charge in [0, 0.05) is 35.7 Å². The van der Waals surface area contributed by atoms with Crippen molar-refractivity contribution in [3.63, 3.8) is 0 Å². The first-order valence-corrected chi connectivity index (χ1v) is 9.97. The summed E-state index contributed by atoms with van der Waals surface area (Å²) in [4.78, 5) is 10.7. The van der Waals surface area contributed by atoms with Crippen LogP contribution in [0.2, 0.25) is 0 Å². The van der Waals surface area contributed by atoms with Gasteiger partial charge in [0.05, 0.1) is 17.2 Å². The van der Waals surface area contributed by atoms with E-state index in [-0.39, 0.29) is 24.0 Å². The van der Waals surface area contributed by atoms with Gasteiger partial charge in [-0.2, -0.15) is 0 Å². The van der Waals surface area contributed by atoms with Crippen molar-refractivity contribution in [2.24, 2.45) is 4.99 Å². The van der Waals surface area contributed by atoms with Crippen LogP contribution in [0.25, 0.3) is 0 Å². The Hall–Kier alpha value is -0.670. The van der Waals surface area contributed by atoms with E-state index in [9.17, 15) is 0 Å². The molecule has 0 saturated heterocycles. The quantitative estimate of drug-likeness (QED) is 0.338. The van der Waals surface area contributed by atoms with E-state index in [4.69, 9.17) is 4.99 Å². The Labute approximate surface area is 170 Å². The van der Waals surface area contributed by atoms with Gasteiger partial charge in [0.25, 0.3) is 0 Å². The Bertz CT molecular complexity index is 596. The Morgan fingerprint density at radius 1 is 1.29 bits per heavy atom. The third-order valence-corrected chi connectivity index (χ3v) is 5.62. The number of aromatic nitrogens is 1. The molecule has 7 heteroatoms. The van der Waals surface area contributed by atoms with Crippen molar-refractivity contribution >= 4 is 52.6 Å². The van der Waals surface area contributed by atoms with E-state index < -0.39 is 0 Å². The zero-order valence-electron chi connectivity index (χ0n) is 14.5. The summed E-state index contributed by atoms with van der Waals surface area (Å²) in [6.45, 7) is 8.98. The highest BCUT2D eigenvalue weighted by Gasteiger charge is 2.06. The lowest BCUT2D eigenvalue weighted by molar-refractivity contribution is 0.751. The number of aryl methyl sites for hydroxylation is 1. The summed E-state index contributed by atoms with van der Waals surface area (Å²) in [7, 11) is 0. The summed E-state index contributed by atoms with van der Waals surface area (Å²) in [5, 5.41) is 12.2. The van der Waals surface area contributed by atoms with E-state index >= 15 is 0 Å². The van der Waals surface area contributed by atoms with E-state index in [0.717, 1.165) is 38.4 Å². The molecule has 2 heterocycles. The number of halogens is 1. The predicted octanol–water partition coefficient (Wildman–Crippen LogP) is 4.29. The number of hydrogen-bond donors (Lipinski definition) is 2. The van der Waals surface area contributed by atoms with Crippen LogP contribution >= 0.6 is 46.7 Å². The first-order valence-electron chi connectivity index (χ1n) is 8.21. The maximum atomic E-state index is 4.71. The minimum atomic E-state index is 0. The van der Waals surface area contributed by atoms with Gasteiger partial charge in [0.15, 0.2) is 5.96 Å². The number of nitrogens with zero attached hydrogens (tertiary/aromatic N) is 2. The Morgan fingerprint density at radius 3 is 2.75 bits per heavy atom. The molecule has 2 aromatic rings. The van der Waals surface area contributed by atoms with Gasteiger partial charge in [-0.15, -0.1) is 46.7 Å². The van der Waals surface area contributed by atoms with E-state index in [1.165, 1.54) is 15.6 Å². The maximum Gasteiger partial charge on any atom is 0.191 e. The fourth-order valence-corrected chi connectivity index (χ4v) is 3.72. The van der Waals surface area contributed by atoms with Crippen LogP contribution in [-0.4, -0.2) is 30.6 Å². The van der Waals surface area contributed by atoms with Crippen LogP contribution in [0.5, 0.6) is 0 Å². The Balaban J connectivity index is 0.00000288. The molecule has 0 aliphatic carbocycles. The monoisotopic (exact) mass is 478 g/mol. The van der Waals surface area contributed by atoms with Gasteiger partial charge in [0.2, 0.25) is 0 Å². The zero-order valence-corrected chi connectivity index (χ0v) is 18.5. The van der Waals surface area contributed by atoms with Crippen molar-refractivity contribution in [3.05, 3.63) is 38.5 Å². The molecule has 1 atom stereocenters. The molecule has 4 nitrogen and oxygen atoms in total. The van der Waals surface area contributed by atoms with Crippen LogP contribution in [0, 0.1) is 0 Å². The fourth-order valence-electron chi connectivity index (χ4n) is 2.17. The summed E-state index contributed by atoms with van der Waals surface area (Å²) in [5.74, 6) is 1.35. The first-order chi connectivity index (χ1) is 11.2. The summed E-state index contributed by atoms with van der Waals surface area (Å²) in [6.07, 6.45) is 1.95. The van der Waals surface area contributed by atoms with Crippen LogP contribution in [-0.2, 0) is 12.8 Å². The van der Waals surface area contributed by atoms with Gasteiger partial charge in [-0.1, -0.05) is 19.9 Å². The number of thiazole rings is 1. The third kappa shape index (κ3) is 7.06. The van der Waals surface area contributed by atoms with Crippen molar-refractivity contribution in [2.45, 2.75) is 39.5 Å². The van der Waals surface area contributed by atoms with E-state index in [1.807, 2.05) is 0 Å². The second-order valence-electron chi connectivity index (χ2n) is 5.40. The van der Waals surface area contributed by atoms with Crippen LogP contribution in [0.3, 0.4) is 0 Å². The van der Waals surface area contributed by atoms with E-state index in [2.05, 4.69) is 59.3 Å². The molecule has 2 N–H and O–H groups in total. The first kappa shape index (κ1) is 21.4. The number of guanidine groups is 1. The summed E-state index contributed by atoms with van der Waals surface area (Å²) < 4.78 is 0. The van der Waals surface area contributed by atoms with Crippen LogP contribution < -0.4 is 10.6 Å². The molecule has 0 radical (unpaired) electrons. The highest BCUT2D eigenvalue weighted by Crippen LogP contribution is 2.20. The average molecular weight is 478 g/mol. The molecule has 0 spiro atoms. The van der Waals surface area contributed by atoms with Crippen LogP contribution in [0.4, 0.5) is 0 Å².